The number of amides is 1. The fourth-order valence-corrected chi connectivity index (χ4v) is 4.24. The topological polar surface area (TPSA) is 44.7 Å². The van der Waals surface area contributed by atoms with Crippen LogP contribution >= 0.6 is 11.6 Å². The van der Waals surface area contributed by atoms with Crippen LogP contribution in [-0.4, -0.2) is 24.2 Å². The van der Waals surface area contributed by atoms with Gasteiger partial charge in [0.15, 0.2) is 0 Å². The molecule has 0 fully saturated rings. The molecule has 1 aliphatic heterocycles. The Kier molecular flexibility index (Phi) is 5.56. The van der Waals surface area contributed by atoms with E-state index in [9.17, 15) is 4.79 Å². The van der Waals surface area contributed by atoms with Gasteiger partial charge in [0.2, 0.25) is 0 Å². The Morgan fingerprint density at radius 3 is 2.70 bits per heavy atom. The third-order valence-electron chi connectivity index (χ3n) is 5.23. The van der Waals surface area contributed by atoms with Gasteiger partial charge in [-0.15, -0.1) is 0 Å². The predicted molar refractivity (Wildman–Crippen MR) is 113 cm³/mol. The van der Waals surface area contributed by atoms with E-state index < -0.39 is 0 Å². The van der Waals surface area contributed by atoms with Crippen LogP contribution < -0.4 is 10.3 Å². The highest BCUT2D eigenvalue weighted by Crippen LogP contribution is 2.44. The van der Waals surface area contributed by atoms with Gasteiger partial charge in [-0.1, -0.05) is 36.7 Å². The predicted octanol–water partition coefficient (Wildman–Crippen LogP) is 5.22. The summed E-state index contributed by atoms with van der Waals surface area (Å²) in [6.45, 7) is 9.91. The number of carbonyl (C=O) groups is 1. The third-order valence-corrected chi connectivity index (χ3v) is 5.55. The van der Waals surface area contributed by atoms with Crippen LogP contribution in [0.5, 0.6) is 0 Å². The summed E-state index contributed by atoms with van der Waals surface area (Å²) in [5.74, 6) is 0.189. The van der Waals surface area contributed by atoms with E-state index in [1.54, 1.807) is 18.3 Å². The number of hydrogen-bond donors (Lipinski definition) is 1. The molecule has 0 aromatic heterocycles. The minimum Gasteiger partial charge on any atom is -0.366 e. The highest BCUT2D eigenvalue weighted by Gasteiger charge is 2.35. The molecular formula is C22H26ClN3O. The fourth-order valence-electron chi connectivity index (χ4n) is 4.03. The van der Waals surface area contributed by atoms with E-state index in [4.69, 9.17) is 11.6 Å². The molecule has 0 saturated heterocycles. The lowest BCUT2D eigenvalue weighted by Gasteiger charge is -2.47. The second kappa shape index (κ2) is 7.73. The summed E-state index contributed by atoms with van der Waals surface area (Å²) in [7, 11) is 0. The van der Waals surface area contributed by atoms with Gasteiger partial charge in [0.05, 0.1) is 11.2 Å². The van der Waals surface area contributed by atoms with Crippen molar-refractivity contribution in [1.82, 2.24) is 5.43 Å². The molecule has 27 heavy (non-hydrogen) atoms. The normalized spacial score (nSPS) is 18.4. The fraction of sp³-hybridized carbons (Fsp3) is 0.364. The van der Waals surface area contributed by atoms with Crippen molar-refractivity contribution in [2.75, 3.05) is 11.4 Å². The summed E-state index contributed by atoms with van der Waals surface area (Å²) in [5, 5.41) is 4.73. The second-order valence-corrected chi connectivity index (χ2v) is 8.07. The number of anilines is 1. The molecule has 4 nitrogen and oxygen atoms in total. The van der Waals surface area contributed by atoms with Crippen molar-refractivity contribution in [2.24, 2.45) is 5.10 Å². The van der Waals surface area contributed by atoms with Gasteiger partial charge in [0, 0.05) is 28.9 Å². The third kappa shape index (κ3) is 4.01. The van der Waals surface area contributed by atoms with Gasteiger partial charge >= 0.3 is 0 Å². The molecule has 1 atom stereocenters. The first kappa shape index (κ1) is 19.4. The minimum absolute atomic E-state index is 0.101. The molecule has 0 bridgehead atoms. The van der Waals surface area contributed by atoms with Crippen molar-refractivity contribution in [2.45, 2.75) is 45.6 Å². The largest absolute Gasteiger partial charge is 0.366 e. The van der Waals surface area contributed by atoms with Gasteiger partial charge in [-0.2, -0.15) is 5.10 Å². The maximum atomic E-state index is 12.1. The van der Waals surface area contributed by atoms with Crippen molar-refractivity contribution in [1.29, 1.82) is 0 Å². The number of hydrogen-bond acceptors (Lipinski definition) is 3. The van der Waals surface area contributed by atoms with Gasteiger partial charge in [-0.25, -0.2) is 5.43 Å². The zero-order valence-electron chi connectivity index (χ0n) is 16.3. The molecule has 0 aliphatic carbocycles. The van der Waals surface area contributed by atoms with Crippen molar-refractivity contribution in [3.8, 4) is 0 Å². The van der Waals surface area contributed by atoms with E-state index in [0.717, 1.165) is 18.5 Å². The van der Waals surface area contributed by atoms with Crippen LogP contribution in [0.25, 0.3) is 0 Å². The smallest absolute Gasteiger partial charge is 0.271 e. The molecule has 1 N–H and O–H groups in total. The number of carbonyl (C=O) groups excluding carboxylic acids is 1. The molecule has 2 aromatic carbocycles. The SMILES string of the molecule is CCN1c2cc(Cl)c(/C=N\NC(=O)c3ccccc3)cc2C(C)CC1(C)C. The lowest BCUT2D eigenvalue weighted by molar-refractivity contribution is 0.0955. The Labute approximate surface area is 166 Å². The van der Waals surface area contributed by atoms with Gasteiger partial charge in [0.1, 0.15) is 0 Å². The highest BCUT2D eigenvalue weighted by atomic mass is 35.5. The maximum Gasteiger partial charge on any atom is 0.271 e. The molecule has 142 valence electrons. The summed E-state index contributed by atoms with van der Waals surface area (Å²) >= 11 is 6.53. The van der Waals surface area contributed by atoms with Crippen LogP contribution in [0.4, 0.5) is 5.69 Å². The van der Waals surface area contributed by atoms with E-state index in [-0.39, 0.29) is 11.4 Å². The van der Waals surface area contributed by atoms with Crippen LogP contribution in [0, 0.1) is 0 Å². The van der Waals surface area contributed by atoms with E-state index in [1.807, 2.05) is 24.3 Å². The van der Waals surface area contributed by atoms with Crippen LogP contribution in [0.1, 0.15) is 61.5 Å². The first-order valence-corrected chi connectivity index (χ1v) is 9.71. The summed E-state index contributed by atoms with van der Waals surface area (Å²) in [6.07, 6.45) is 2.70. The van der Waals surface area contributed by atoms with Gasteiger partial charge in [-0.05, 0) is 62.9 Å². The van der Waals surface area contributed by atoms with Gasteiger partial charge in [0.25, 0.3) is 5.91 Å². The zero-order chi connectivity index (χ0) is 19.6. The lowest BCUT2D eigenvalue weighted by atomic mass is 9.79. The van der Waals surface area contributed by atoms with E-state index in [0.29, 0.717) is 16.5 Å². The Morgan fingerprint density at radius 1 is 1.33 bits per heavy atom. The zero-order valence-corrected chi connectivity index (χ0v) is 17.0. The van der Waals surface area contributed by atoms with Crippen molar-refractivity contribution in [3.63, 3.8) is 0 Å². The quantitative estimate of drug-likeness (QED) is 0.581. The number of nitrogens with zero attached hydrogens (tertiary/aromatic N) is 2. The maximum absolute atomic E-state index is 12.1. The summed E-state index contributed by atoms with van der Waals surface area (Å²) < 4.78 is 0. The Bertz CT molecular complexity index is 861. The number of nitrogens with one attached hydrogen (secondary N) is 1. The molecule has 1 amide bonds. The lowest BCUT2D eigenvalue weighted by Crippen LogP contribution is -2.48. The average molecular weight is 384 g/mol. The summed E-state index contributed by atoms with van der Waals surface area (Å²) in [4.78, 5) is 14.5. The Hall–Kier alpha value is -2.33. The van der Waals surface area contributed by atoms with E-state index >= 15 is 0 Å². The number of rotatable bonds is 4. The van der Waals surface area contributed by atoms with Gasteiger partial charge < -0.3 is 4.90 Å². The Morgan fingerprint density at radius 2 is 2.04 bits per heavy atom. The Balaban J connectivity index is 1.84. The molecule has 0 radical (unpaired) electrons. The van der Waals surface area contributed by atoms with E-state index in [2.05, 4.69) is 49.2 Å². The average Bonchev–Trinajstić information content (AvgIpc) is 2.63. The van der Waals surface area contributed by atoms with Crippen molar-refractivity contribution in [3.05, 3.63) is 64.2 Å². The number of benzene rings is 2. The number of hydrazone groups is 1. The van der Waals surface area contributed by atoms with Crippen LogP contribution in [0.15, 0.2) is 47.6 Å². The molecule has 5 heteroatoms. The number of fused-ring (bicyclic) bond motifs is 1. The summed E-state index contributed by atoms with van der Waals surface area (Å²) in [5.41, 5.74) is 6.51. The molecule has 1 heterocycles. The number of halogens is 1. The first-order chi connectivity index (χ1) is 12.8. The minimum atomic E-state index is -0.242. The van der Waals surface area contributed by atoms with Crippen molar-refractivity contribution < 1.29 is 4.79 Å². The molecule has 3 rings (SSSR count). The monoisotopic (exact) mass is 383 g/mol. The molecule has 1 unspecified atom stereocenters. The van der Waals surface area contributed by atoms with Crippen LogP contribution in [0.2, 0.25) is 5.02 Å². The molecule has 1 aliphatic rings. The van der Waals surface area contributed by atoms with Gasteiger partial charge in [-0.3, -0.25) is 4.79 Å². The standard InChI is InChI=1S/C22H26ClN3O/c1-5-26-20-12-19(23)17(11-18(20)15(2)13-22(26,3)4)14-24-25-21(27)16-9-7-6-8-10-16/h6-12,14-15H,5,13H2,1-4H3,(H,25,27)/b24-14-. The second-order valence-electron chi connectivity index (χ2n) is 7.66. The molecule has 0 saturated carbocycles. The highest BCUT2D eigenvalue weighted by molar-refractivity contribution is 6.33. The first-order valence-electron chi connectivity index (χ1n) is 9.33. The molecule has 2 aromatic rings. The summed E-state index contributed by atoms with van der Waals surface area (Å²) in [6, 6.07) is 13.1. The van der Waals surface area contributed by atoms with Crippen LogP contribution in [0.3, 0.4) is 0 Å². The van der Waals surface area contributed by atoms with Crippen molar-refractivity contribution >= 4 is 29.4 Å². The molecule has 0 spiro atoms. The van der Waals surface area contributed by atoms with Crippen LogP contribution in [-0.2, 0) is 0 Å². The molecular weight excluding hydrogens is 358 g/mol. The van der Waals surface area contributed by atoms with E-state index in [1.165, 1.54) is 11.3 Å².